The van der Waals surface area contributed by atoms with Crippen LogP contribution in [-0.2, 0) is 9.59 Å². The summed E-state index contributed by atoms with van der Waals surface area (Å²) in [6.07, 6.45) is 0.476. The summed E-state index contributed by atoms with van der Waals surface area (Å²) in [5.74, 6) is -1.29. The van der Waals surface area contributed by atoms with Crippen LogP contribution < -0.4 is 10.6 Å². The second kappa shape index (κ2) is 7.01. The fourth-order valence-electron chi connectivity index (χ4n) is 2.40. The van der Waals surface area contributed by atoms with Gasteiger partial charge in [-0.05, 0) is 30.7 Å². The van der Waals surface area contributed by atoms with Crippen molar-refractivity contribution >= 4 is 58.0 Å². The molecule has 124 valence electrons. The molecule has 0 saturated heterocycles. The van der Waals surface area contributed by atoms with E-state index < -0.39 is 5.92 Å². The summed E-state index contributed by atoms with van der Waals surface area (Å²) in [7, 11) is 0. The van der Waals surface area contributed by atoms with Crippen molar-refractivity contribution < 1.29 is 9.59 Å². The van der Waals surface area contributed by atoms with Crippen molar-refractivity contribution in [2.24, 2.45) is 11.8 Å². The first-order valence-electron chi connectivity index (χ1n) is 7.27. The van der Waals surface area contributed by atoms with Gasteiger partial charge in [0.2, 0.25) is 11.8 Å². The van der Waals surface area contributed by atoms with Crippen molar-refractivity contribution in [3.05, 3.63) is 57.5 Å². The molecule has 2 N–H and O–H groups in total. The predicted octanol–water partition coefficient (Wildman–Crippen LogP) is 4.86. The topological polar surface area (TPSA) is 58.2 Å². The van der Waals surface area contributed by atoms with E-state index in [2.05, 4.69) is 10.6 Å². The Bertz CT molecular complexity index is 790. The van der Waals surface area contributed by atoms with Gasteiger partial charge in [0, 0.05) is 0 Å². The summed E-state index contributed by atoms with van der Waals surface area (Å²) in [5, 5.41) is 6.60. The smallest absolute Gasteiger partial charge is 0.228 e. The van der Waals surface area contributed by atoms with Gasteiger partial charge in [0.25, 0.3) is 0 Å². The molecule has 0 radical (unpaired) electrons. The lowest BCUT2D eigenvalue weighted by Gasteiger charge is -2.09. The molecule has 0 aliphatic heterocycles. The second-order valence-electron chi connectivity index (χ2n) is 5.50. The second-order valence-corrected chi connectivity index (χ2v) is 6.73. The van der Waals surface area contributed by atoms with Crippen LogP contribution in [0.15, 0.2) is 42.5 Å². The normalized spacial score (nSPS) is 18.8. The Kier molecular flexibility index (Phi) is 4.99. The van der Waals surface area contributed by atoms with E-state index in [0.717, 1.165) is 0 Å². The molecule has 1 saturated carbocycles. The molecule has 24 heavy (non-hydrogen) atoms. The molecular weight excluding hydrogens is 371 g/mol. The van der Waals surface area contributed by atoms with E-state index in [9.17, 15) is 9.59 Å². The largest absolute Gasteiger partial charge is 0.325 e. The van der Waals surface area contributed by atoms with Crippen LogP contribution in [0.3, 0.4) is 0 Å². The average Bonchev–Trinajstić information content (AvgIpc) is 3.34. The van der Waals surface area contributed by atoms with Crippen LogP contribution in [0.1, 0.15) is 6.42 Å². The summed E-state index contributed by atoms with van der Waals surface area (Å²) in [4.78, 5) is 24.5. The first kappa shape index (κ1) is 17.1. The molecule has 2 atom stereocenters. The van der Waals surface area contributed by atoms with Gasteiger partial charge in [0.1, 0.15) is 0 Å². The lowest BCUT2D eigenvalue weighted by Crippen LogP contribution is -2.21. The molecular formula is C17H13Cl3N2O2. The maximum Gasteiger partial charge on any atom is 0.228 e. The molecule has 0 aromatic heterocycles. The number of hydrogen-bond donors (Lipinski definition) is 2. The van der Waals surface area contributed by atoms with Gasteiger partial charge < -0.3 is 10.6 Å². The van der Waals surface area contributed by atoms with Crippen molar-refractivity contribution in [1.29, 1.82) is 0 Å². The zero-order valence-corrected chi connectivity index (χ0v) is 14.6. The summed E-state index contributed by atoms with van der Waals surface area (Å²) in [5.41, 5.74) is 0.896. The highest BCUT2D eigenvalue weighted by Crippen LogP contribution is 2.41. The number of para-hydroxylation sites is 2. The highest BCUT2D eigenvalue weighted by Gasteiger charge is 2.48. The number of hydrogen-bond acceptors (Lipinski definition) is 2. The van der Waals surface area contributed by atoms with Crippen molar-refractivity contribution in [3.63, 3.8) is 0 Å². The van der Waals surface area contributed by atoms with Gasteiger partial charge in [-0.2, -0.15) is 0 Å². The zero-order chi connectivity index (χ0) is 17.3. The van der Waals surface area contributed by atoms with Gasteiger partial charge in [-0.25, -0.2) is 0 Å². The number of amides is 2. The molecule has 0 heterocycles. The Morgan fingerprint density at radius 2 is 1.33 bits per heavy atom. The minimum absolute atomic E-state index is 0.228. The average molecular weight is 384 g/mol. The van der Waals surface area contributed by atoms with E-state index in [-0.39, 0.29) is 17.7 Å². The minimum atomic E-state index is -0.403. The number of rotatable bonds is 4. The molecule has 1 fully saturated rings. The number of anilines is 2. The van der Waals surface area contributed by atoms with Gasteiger partial charge in [-0.15, -0.1) is 0 Å². The van der Waals surface area contributed by atoms with Crippen molar-refractivity contribution in [3.8, 4) is 0 Å². The molecule has 2 amide bonds. The number of benzene rings is 2. The standard InChI is InChI=1S/C17H13Cl3N2O2/c18-11-4-1-2-7-14(11)21-16(23)9-8-10(9)17(24)22-15-12(19)5-3-6-13(15)20/h1-7,9-10H,8H2,(H,21,23)(H,22,24). The van der Waals surface area contributed by atoms with Crippen LogP contribution in [0.4, 0.5) is 11.4 Å². The van der Waals surface area contributed by atoms with Gasteiger partial charge >= 0.3 is 0 Å². The predicted molar refractivity (Wildman–Crippen MR) is 96.8 cm³/mol. The van der Waals surface area contributed by atoms with Crippen LogP contribution in [0, 0.1) is 11.8 Å². The maximum absolute atomic E-state index is 12.3. The molecule has 2 unspecified atom stereocenters. The van der Waals surface area contributed by atoms with E-state index in [1.807, 2.05) is 0 Å². The number of carbonyl (C=O) groups is 2. The molecule has 4 nitrogen and oxygen atoms in total. The van der Waals surface area contributed by atoms with Gasteiger partial charge in [0.05, 0.1) is 38.3 Å². The fraction of sp³-hybridized carbons (Fsp3) is 0.176. The first-order valence-corrected chi connectivity index (χ1v) is 8.41. The maximum atomic E-state index is 12.3. The van der Waals surface area contributed by atoms with E-state index >= 15 is 0 Å². The summed E-state index contributed by atoms with van der Waals surface area (Å²) in [6.45, 7) is 0. The molecule has 2 aromatic carbocycles. The Balaban J connectivity index is 1.61. The number of nitrogens with one attached hydrogen (secondary N) is 2. The fourth-order valence-corrected chi connectivity index (χ4v) is 3.07. The van der Waals surface area contributed by atoms with Gasteiger partial charge in [-0.3, -0.25) is 9.59 Å². The Morgan fingerprint density at radius 1 is 0.792 bits per heavy atom. The van der Waals surface area contributed by atoms with Crippen LogP contribution in [0.2, 0.25) is 15.1 Å². The molecule has 1 aliphatic carbocycles. The summed E-state index contributed by atoms with van der Waals surface area (Å²) >= 11 is 18.1. The van der Waals surface area contributed by atoms with E-state index in [1.54, 1.807) is 42.5 Å². The van der Waals surface area contributed by atoms with Crippen LogP contribution in [0.5, 0.6) is 0 Å². The first-order chi connectivity index (χ1) is 11.5. The van der Waals surface area contributed by atoms with E-state index in [0.29, 0.717) is 32.9 Å². The minimum Gasteiger partial charge on any atom is -0.325 e. The van der Waals surface area contributed by atoms with Gasteiger partial charge in [0.15, 0.2) is 0 Å². The highest BCUT2D eigenvalue weighted by atomic mass is 35.5. The zero-order valence-electron chi connectivity index (χ0n) is 12.4. The third-order valence-electron chi connectivity index (χ3n) is 3.81. The summed E-state index contributed by atoms with van der Waals surface area (Å²) < 4.78 is 0. The molecule has 7 heteroatoms. The molecule has 0 spiro atoms. The van der Waals surface area contributed by atoms with Crippen molar-refractivity contribution in [1.82, 2.24) is 0 Å². The number of halogens is 3. The highest BCUT2D eigenvalue weighted by molar-refractivity contribution is 6.39. The van der Waals surface area contributed by atoms with E-state index in [4.69, 9.17) is 34.8 Å². The summed E-state index contributed by atoms with van der Waals surface area (Å²) in [6, 6.07) is 11.9. The third kappa shape index (κ3) is 3.66. The van der Waals surface area contributed by atoms with Gasteiger partial charge in [-0.1, -0.05) is 53.0 Å². The molecule has 3 rings (SSSR count). The van der Waals surface area contributed by atoms with Crippen molar-refractivity contribution in [2.45, 2.75) is 6.42 Å². The Labute approximate surface area is 154 Å². The Morgan fingerprint density at radius 3 is 1.96 bits per heavy atom. The Hall–Kier alpha value is -1.75. The SMILES string of the molecule is O=C(Nc1ccccc1Cl)C1CC1C(=O)Nc1c(Cl)cccc1Cl. The van der Waals surface area contributed by atoms with Crippen molar-refractivity contribution in [2.75, 3.05) is 10.6 Å². The molecule has 2 aromatic rings. The van der Waals surface area contributed by atoms with Crippen LogP contribution >= 0.6 is 34.8 Å². The quantitative estimate of drug-likeness (QED) is 0.792. The third-order valence-corrected chi connectivity index (χ3v) is 4.77. The molecule has 1 aliphatic rings. The lowest BCUT2D eigenvalue weighted by molar-refractivity contribution is -0.122. The monoisotopic (exact) mass is 382 g/mol. The van der Waals surface area contributed by atoms with E-state index in [1.165, 1.54) is 0 Å². The molecule has 0 bridgehead atoms. The van der Waals surface area contributed by atoms with Crippen LogP contribution in [0.25, 0.3) is 0 Å². The number of carbonyl (C=O) groups excluding carboxylic acids is 2. The van der Waals surface area contributed by atoms with Crippen LogP contribution in [-0.4, -0.2) is 11.8 Å². The lowest BCUT2D eigenvalue weighted by atomic mass is 10.2.